The van der Waals surface area contributed by atoms with Crippen LogP contribution in [0.4, 0.5) is 0 Å². The van der Waals surface area contributed by atoms with Gasteiger partial charge in [-0.15, -0.1) is 0 Å². The maximum atomic E-state index is 11.4. The Morgan fingerprint density at radius 3 is 2.08 bits per heavy atom. The van der Waals surface area contributed by atoms with Gasteiger partial charge in [-0.2, -0.15) is 0 Å². The molecular formula is C19H28O5. The lowest BCUT2D eigenvalue weighted by atomic mass is 9.93. The Labute approximate surface area is 143 Å². The lowest BCUT2D eigenvalue weighted by Crippen LogP contribution is -2.16. The van der Waals surface area contributed by atoms with E-state index in [-0.39, 0.29) is 12.3 Å². The number of benzene rings is 1. The molecule has 0 bridgehead atoms. The summed E-state index contributed by atoms with van der Waals surface area (Å²) in [5.74, 6) is -1.07. The summed E-state index contributed by atoms with van der Waals surface area (Å²) in [6.07, 6.45) is 7.06. The van der Waals surface area contributed by atoms with Crippen LogP contribution in [0.15, 0.2) is 24.3 Å². The number of unbranched alkanes of at least 4 members (excludes halogenated alkanes) is 5. The zero-order chi connectivity index (χ0) is 17.8. The Hall–Kier alpha value is -2.04. The fourth-order valence-corrected chi connectivity index (χ4v) is 2.73. The van der Waals surface area contributed by atoms with Gasteiger partial charge in [0.25, 0.3) is 0 Å². The Morgan fingerprint density at radius 2 is 1.54 bits per heavy atom. The monoisotopic (exact) mass is 336 g/mol. The second-order valence-corrected chi connectivity index (χ2v) is 6.14. The second-order valence-electron chi connectivity index (χ2n) is 6.14. The van der Waals surface area contributed by atoms with Crippen LogP contribution < -0.4 is 4.74 Å². The molecule has 2 N–H and O–H groups in total. The van der Waals surface area contributed by atoms with E-state index in [0.717, 1.165) is 49.8 Å². The molecule has 1 aromatic rings. The molecule has 0 fully saturated rings. The maximum absolute atomic E-state index is 11.4. The minimum absolute atomic E-state index is 0.239. The SMILES string of the molecule is COc1ccc(CC(CCCCCCCCC(=O)O)C(=O)O)cc1. The highest BCUT2D eigenvalue weighted by Crippen LogP contribution is 2.19. The largest absolute Gasteiger partial charge is 0.497 e. The van der Waals surface area contributed by atoms with Gasteiger partial charge in [-0.3, -0.25) is 9.59 Å². The van der Waals surface area contributed by atoms with Crippen molar-refractivity contribution < 1.29 is 24.5 Å². The normalized spacial score (nSPS) is 11.9. The number of aliphatic carboxylic acids is 2. The Bertz CT molecular complexity index is 495. The molecule has 0 saturated heterocycles. The van der Waals surface area contributed by atoms with Gasteiger partial charge in [0.2, 0.25) is 0 Å². The van der Waals surface area contributed by atoms with E-state index in [1.165, 1.54) is 0 Å². The van der Waals surface area contributed by atoms with E-state index in [1.54, 1.807) is 7.11 Å². The van der Waals surface area contributed by atoms with Gasteiger partial charge < -0.3 is 14.9 Å². The van der Waals surface area contributed by atoms with Crippen LogP contribution >= 0.6 is 0 Å². The van der Waals surface area contributed by atoms with Crippen molar-refractivity contribution in [2.45, 2.75) is 57.8 Å². The summed E-state index contributed by atoms with van der Waals surface area (Å²) in [4.78, 5) is 21.8. The predicted octanol–water partition coefficient (Wildman–Crippen LogP) is 4.14. The van der Waals surface area contributed by atoms with E-state index in [0.29, 0.717) is 12.8 Å². The van der Waals surface area contributed by atoms with Gasteiger partial charge in [0, 0.05) is 6.42 Å². The highest BCUT2D eigenvalue weighted by Gasteiger charge is 2.17. The van der Waals surface area contributed by atoms with Crippen LogP contribution in [0.5, 0.6) is 5.75 Å². The maximum Gasteiger partial charge on any atom is 0.306 e. The van der Waals surface area contributed by atoms with Crippen LogP contribution in [0.1, 0.15) is 56.9 Å². The second kappa shape index (κ2) is 11.5. The highest BCUT2D eigenvalue weighted by molar-refractivity contribution is 5.70. The van der Waals surface area contributed by atoms with Crippen molar-refractivity contribution in [3.8, 4) is 5.75 Å². The number of hydrogen-bond acceptors (Lipinski definition) is 3. The molecule has 0 radical (unpaired) electrons. The summed E-state index contributed by atoms with van der Waals surface area (Å²) in [6, 6.07) is 7.53. The van der Waals surface area contributed by atoms with E-state index in [4.69, 9.17) is 9.84 Å². The van der Waals surface area contributed by atoms with Gasteiger partial charge in [0.1, 0.15) is 5.75 Å². The van der Waals surface area contributed by atoms with E-state index < -0.39 is 11.9 Å². The summed E-state index contributed by atoms with van der Waals surface area (Å²) in [5, 5.41) is 17.9. The minimum Gasteiger partial charge on any atom is -0.497 e. The molecule has 0 aliphatic carbocycles. The highest BCUT2D eigenvalue weighted by atomic mass is 16.5. The van der Waals surface area contributed by atoms with Crippen molar-refractivity contribution in [3.63, 3.8) is 0 Å². The van der Waals surface area contributed by atoms with Crippen LogP contribution in [0.25, 0.3) is 0 Å². The average Bonchev–Trinajstić information content (AvgIpc) is 2.56. The molecule has 0 spiro atoms. The molecule has 0 aliphatic rings. The molecule has 0 saturated carbocycles. The van der Waals surface area contributed by atoms with Crippen LogP contribution in [0, 0.1) is 5.92 Å². The standard InChI is InChI=1S/C19H28O5/c1-24-17-12-10-15(11-13-17)14-16(19(22)23)8-6-4-2-3-5-7-9-18(20)21/h10-13,16H,2-9,14H2,1H3,(H,20,21)(H,22,23). The van der Waals surface area contributed by atoms with Crippen molar-refractivity contribution in [1.82, 2.24) is 0 Å². The molecule has 24 heavy (non-hydrogen) atoms. The first kappa shape index (κ1) is 20.0. The van der Waals surface area contributed by atoms with E-state index in [1.807, 2.05) is 24.3 Å². The molecule has 1 atom stereocenters. The molecule has 0 amide bonds. The summed E-state index contributed by atoms with van der Waals surface area (Å²) in [7, 11) is 1.61. The predicted molar refractivity (Wildman–Crippen MR) is 92.4 cm³/mol. The molecule has 0 aliphatic heterocycles. The van der Waals surface area contributed by atoms with Crippen molar-refractivity contribution >= 4 is 11.9 Å². The van der Waals surface area contributed by atoms with Crippen molar-refractivity contribution in [3.05, 3.63) is 29.8 Å². The van der Waals surface area contributed by atoms with Crippen LogP contribution in [-0.2, 0) is 16.0 Å². The average molecular weight is 336 g/mol. The third kappa shape index (κ3) is 8.56. The third-order valence-electron chi connectivity index (χ3n) is 4.18. The number of carboxylic acids is 2. The lowest BCUT2D eigenvalue weighted by Gasteiger charge is -2.12. The lowest BCUT2D eigenvalue weighted by molar-refractivity contribution is -0.142. The smallest absolute Gasteiger partial charge is 0.306 e. The first-order valence-electron chi connectivity index (χ1n) is 8.60. The topological polar surface area (TPSA) is 83.8 Å². The van der Waals surface area contributed by atoms with Gasteiger partial charge in [-0.25, -0.2) is 0 Å². The Kier molecular flexibility index (Phi) is 9.58. The zero-order valence-corrected chi connectivity index (χ0v) is 14.4. The van der Waals surface area contributed by atoms with Gasteiger partial charge in [-0.1, -0.05) is 44.2 Å². The third-order valence-corrected chi connectivity index (χ3v) is 4.18. The summed E-state index contributed by atoms with van der Waals surface area (Å²) < 4.78 is 5.11. The van der Waals surface area contributed by atoms with Crippen LogP contribution in [-0.4, -0.2) is 29.3 Å². The van der Waals surface area contributed by atoms with Gasteiger partial charge in [-0.05, 0) is 37.0 Å². The van der Waals surface area contributed by atoms with E-state index >= 15 is 0 Å². The molecule has 1 aromatic carbocycles. The molecular weight excluding hydrogens is 308 g/mol. The van der Waals surface area contributed by atoms with Crippen LogP contribution in [0.3, 0.4) is 0 Å². The molecule has 1 unspecified atom stereocenters. The van der Waals surface area contributed by atoms with Gasteiger partial charge in [0.05, 0.1) is 13.0 Å². The number of rotatable bonds is 13. The first-order valence-corrected chi connectivity index (χ1v) is 8.60. The molecule has 5 heteroatoms. The summed E-state index contributed by atoms with van der Waals surface area (Å²) in [6.45, 7) is 0. The Balaban J connectivity index is 2.23. The van der Waals surface area contributed by atoms with Gasteiger partial charge >= 0.3 is 11.9 Å². The molecule has 0 aromatic heterocycles. The number of carbonyl (C=O) groups is 2. The molecule has 5 nitrogen and oxygen atoms in total. The fraction of sp³-hybridized carbons (Fsp3) is 0.579. The van der Waals surface area contributed by atoms with Crippen molar-refractivity contribution in [1.29, 1.82) is 0 Å². The van der Waals surface area contributed by atoms with E-state index in [2.05, 4.69) is 0 Å². The van der Waals surface area contributed by atoms with Crippen molar-refractivity contribution in [2.75, 3.05) is 7.11 Å². The van der Waals surface area contributed by atoms with Crippen molar-refractivity contribution in [2.24, 2.45) is 5.92 Å². The van der Waals surface area contributed by atoms with E-state index in [9.17, 15) is 14.7 Å². The van der Waals surface area contributed by atoms with Crippen LogP contribution in [0.2, 0.25) is 0 Å². The molecule has 134 valence electrons. The first-order chi connectivity index (χ1) is 11.5. The summed E-state index contributed by atoms with van der Waals surface area (Å²) in [5.41, 5.74) is 1.01. The number of ether oxygens (including phenoxy) is 1. The molecule has 0 heterocycles. The number of hydrogen-bond donors (Lipinski definition) is 2. The van der Waals surface area contributed by atoms with Gasteiger partial charge in [0.15, 0.2) is 0 Å². The molecule has 1 rings (SSSR count). The fourth-order valence-electron chi connectivity index (χ4n) is 2.73. The number of carboxylic acid groups (broad SMARTS) is 2. The minimum atomic E-state index is -0.743. The quantitative estimate of drug-likeness (QED) is 0.529. The number of methoxy groups -OCH3 is 1. The Morgan fingerprint density at radius 1 is 0.958 bits per heavy atom. The summed E-state index contributed by atoms with van der Waals surface area (Å²) >= 11 is 0. The zero-order valence-electron chi connectivity index (χ0n) is 14.4.